The van der Waals surface area contributed by atoms with Gasteiger partial charge in [-0.05, 0) is 35.9 Å². The zero-order chi connectivity index (χ0) is 17.1. The molecule has 0 unspecified atom stereocenters. The lowest BCUT2D eigenvalue weighted by Gasteiger charge is -2.19. The summed E-state index contributed by atoms with van der Waals surface area (Å²) in [7, 11) is 5.75. The normalized spacial score (nSPS) is 10.6. The number of anilines is 1. The summed E-state index contributed by atoms with van der Waals surface area (Å²) in [6.45, 7) is 0.531. The highest BCUT2D eigenvalue weighted by Gasteiger charge is 2.13. The number of rotatable bonds is 4. The molecule has 3 aromatic rings. The molecule has 1 aromatic heterocycles. The number of hydrogen-bond acceptors (Lipinski definition) is 3. The first-order valence-corrected chi connectivity index (χ1v) is 7.91. The van der Waals surface area contributed by atoms with E-state index in [1.165, 1.54) is 0 Å². The average Bonchev–Trinajstić information content (AvgIpc) is 2.61. The molecular weight excluding hydrogens is 298 g/mol. The molecule has 4 heteroatoms. The SMILES string of the molecule is CN(Cc1cnc2ccccc2c1)C(=O)c1cccc(N(C)C)c1. The van der Waals surface area contributed by atoms with Crippen molar-refractivity contribution in [1.29, 1.82) is 0 Å². The molecule has 0 saturated carbocycles. The maximum atomic E-state index is 12.7. The van der Waals surface area contributed by atoms with Crippen LogP contribution < -0.4 is 4.90 Å². The second-order valence-corrected chi connectivity index (χ2v) is 6.14. The van der Waals surface area contributed by atoms with Gasteiger partial charge < -0.3 is 9.80 Å². The Kier molecular flexibility index (Phi) is 4.47. The number of fused-ring (bicyclic) bond motifs is 1. The molecule has 24 heavy (non-hydrogen) atoms. The highest BCUT2D eigenvalue weighted by atomic mass is 16.2. The summed E-state index contributed by atoms with van der Waals surface area (Å²) in [5.74, 6) is 0.00635. The third-order valence-electron chi connectivity index (χ3n) is 4.02. The van der Waals surface area contributed by atoms with E-state index in [4.69, 9.17) is 0 Å². The zero-order valence-electron chi connectivity index (χ0n) is 14.2. The summed E-state index contributed by atoms with van der Waals surface area (Å²) in [5, 5.41) is 1.09. The van der Waals surface area contributed by atoms with E-state index in [9.17, 15) is 4.79 Å². The van der Waals surface area contributed by atoms with Gasteiger partial charge in [0.2, 0.25) is 0 Å². The predicted octanol–water partition coefficient (Wildman–Crippen LogP) is 3.57. The first-order valence-electron chi connectivity index (χ1n) is 7.91. The Bertz CT molecular complexity index is 873. The molecule has 3 rings (SSSR count). The Labute approximate surface area is 142 Å². The molecule has 4 nitrogen and oxygen atoms in total. The maximum Gasteiger partial charge on any atom is 0.253 e. The lowest BCUT2D eigenvalue weighted by molar-refractivity contribution is 0.0785. The Balaban J connectivity index is 1.79. The molecule has 0 aliphatic rings. The standard InChI is InChI=1S/C20H21N3O/c1-22(2)18-9-6-8-17(12-18)20(24)23(3)14-15-11-16-7-4-5-10-19(16)21-13-15/h4-13H,14H2,1-3H3. The van der Waals surface area contributed by atoms with E-state index in [0.29, 0.717) is 12.1 Å². The molecule has 0 radical (unpaired) electrons. The highest BCUT2D eigenvalue weighted by molar-refractivity contribution is 5.95. The van der Waals surface area contributed by atoms with Crippen LogP contribution in [0.4, 0.5) is 5.69 Å². The van der Waals surface area contributed by atoms with Crippen molar-refractivity contribution in [3.8, 4) is 0 Å². The van der Waals surface area contributed by atoms with Crippen molar-refractivity contribution >= 4 is 22.5 Å². The zero-order valence-corrected chi connectivity index (χ0v) is 14.2. The minimum atomic E-state index is 0.00635. The number of nitrogens with zero attached hydrogens (tertiary/aromatic N) is 3. The lowest BCUT2D eigenvalue weighted by Crippen LogP contribution is -2.26. The first kappa shape index (κ1) is 16.0. The molecule has 122 valence electrons. The Hall–Kier alpha value is -2.88. The largest absolute Gasteiger partial charge is 0.378 e. The van der Waals surface area contributed by atoms with Crippen LogP contribution in [0.2, 0.25) is 0 Å². The molecule has 0 saturated heterocycles. The van der Waals surface area contributed by atoms with Crippen molar-refractivity contribution in [3.63, 3.8) is 0 Å². The van der Waals surface area contributed by atoms with Crippen molar-refractivity contribution in [2.45, 2.75) is 6.54 Å². The van der Waals surface area contributed by atoms with Gasteiger partial charge in [0.25, 0.3) is 5.91 Å². The quantitative estimate of drug-likeness (QED) is 0.737. The van der Waals surface area contributed by atoms with E-state index >= 15 is 0 Å². The third-order valence-corrected chi connectivity index (χ3v) is 4.02. The first-order chi connectivity index (χ1) is 11.5. The van der Waals surface area contributed by atoms with Gasteiger partial charge in [-0.1, -0.05) is 24.3 Å². The van der Waals surface area contributed by atoms with Gasteiger partial charge in [-0.3, -0.25) is 9.78 Å². The molecule has 1 amide bonds. The summed E-state index contributed by atoms with van der Waals surface area (Å²) in [6, 6.07) is 17.7. The second kappa shape index (κ2) is 6.71. The van der Waals surface area contributed by atoms with Crippen molar-refractivity contribution in [2.24, 2.45) is 0 Å². The van der Waals surface area contributed by atoms with Gasteiger partial charge in [-0.15, -0.1) is 0 Å². The summed E-state index contributed by atoms with van der Waals surface area (Å²) in [6.07, 6.45) is 1.84. The number of benzene rings is 2. The maximum absolute atomic E-state index is 12.7. The number of hydrogen-bond donors (Lipinski definition) is 0. The Morgan fingerprint density at radius 1 is 1.00 bits per heavy atom. The summed E-state index contributed by atoms with van der Waals surface area (Å²) < 4.78 is 0. The summed E-state index contributed by atoms with van der Waals surface area (Å²) in [4.78, 5) is 20.8. The Morgan fingerprint density at radius 2 is 1.79 bits per heavy atom. The number of carbonyl (C=O) groups excluding carboxylic acids is 1. The van der Waals surface area contributed by atoms with E-state index < -0.39 is 0 Å². The molecule has 0 bridgehead atoms. The number of pyridine rings is 1. The van der Waals surface area contributed by atoms with Crippen LogP contribution in [0.15, 0.2) is 60.8 Å². The van der Waals surface area contributed by atoms with Crippen LogP contribution in [0, 0.1) is 0 Å². The van der Waals surface area contributed by atoms with Crippen LogP contribution in [0.5, 0.6) is 0 Å². The van der Waals surface area contributed by atoms with Crippen molar-refractivity contribution in [2.75, 3.05) is 26.0 Å². The van der Waals surface area contributed by atoms with Crippen molar-refractivity contribution in [1.82, 2.24) is 9.88 Å². The topological polar surface area (TPSA) is 36.4 Å². The van der Waals surface area contributed by atoms with E-state index in [1.54, 1.807) is 4.90 Å². The summed E-state index contributed by atoms with van der Waals surface area (Å²) >= 11 is 0. The predicted molar refractivity (Wildman–Crippen MR) is 98.3 cm³/mol. The third kappa shape index (κ3) is 3.38. The summed E-state index contributed by atoms with van der Waals surface area (Å²) in [5.41, 5.74) is 3.70. The minimum Gasteiger partial charge on any atom is -0.378 e. The number of aromatic nitrogens is 1. The molecule has 2 aromatic carbocycles. The fourth-order valence-corrected chi connectivity index (χ4v) is 2.69. The van der Waals surface area contributed by atoms with Crippen LogP contribution in [0.1, 0.15) is 15.9 Å². The molecule has 0 atom stereocenters. The van der Waals surface area contributed by atoms with Gasteiger partial charge >= 0.3 is 0 Å². The number of para-hydroxylation sites is 1. The van der Waals surface area contributed by atoms with Gasteiger partial charge in [0, 0.05) is 50.5 Å². The van der Waals surface area contributed by atoms with Crippen LogP contribution in [0.25, 0.3) is 10.9 Å². The number of carbonyl (C=O) groups is 1. The van der Waals surface area contributed by atoms with E-state index in [1.807, 2.05) is 80.8 Å². The fraction of sp³-hybridized carbons (Fsp3) is 0.200. The van der Waals surface area contributed by atoms with Gasteiger partial charge in [0.1, 0.15) is 0 Å². The highest BCUT2D eigenvalue weighted by Crippen LogP contribution is 2.17. The fourth-order valence-electron chi connectivity index (χ4n) is 2.69. The van der Waals surface area contributed by atoms with Crippen molar-refractivity contribution < 1.29 is 4.79 Å². The van der Waals surface area contributed by atoms with Gasteiger partial charge in [0.05, 0.1) is 5.52 Å². The van der Waals surface area contributed by atoms with E-state index in [0.717, 1.165) is 22.2 Å². The molecular formula is C20H21N3O. The van der Waals surface area contributed by atoms with Crippen LogP contribution >= 0.6 is 0 Å². The van der Waals surface area contributed by atoms with Gasteiger partial charge in [-0.25, -0.2) is 0 Å². The monoisotopic (exact) mass is 319 g/mol. The molecule has 0 aliphatic heterocycles. The smallest absolute Gasteiger partial charge is 0.253 e. The lowest BCUT2D eigenvalue weighted by atomic mass is 10.1. The molecule has 0 aliphatic carbocycles. The molecule has 1 heterocycles. The molecule has 0 N–H and O–H groups in total. The van der Waals surface area contributed by atoms with Crippen molar-refractivity contribution in [3.05, 3.63) is 71.9 Å². The molecule has 0 fully saturated rings. The Morgan fingerprint density at radius 3 is 2.58 bits per heavy atom. The van der Waals surface area contributed by atoms with E-state index in [-0.39, 0.29) is 5.91 Å². The van der Waals surface area contributed by atoms with Gasteiger partial charge in [-0.2, -0.15) is 0 Å². The average molecular weight is 319 g/mol. The van der Waals surface area contributed by atoms with Crippen LogP contribution in [0.3, 0.4) is 0 Å². The van der Waals surface area contributed by atoms with Crippen LogP contribution in [-0.4, -0.2) is 36.9 Å². The molecule has 0 spiro atoms. The van der Waals surface area contributed by atoms with Crippen LogP contribution in [-0.2, 0) is 6.54 Å². The van der Waals surface area contributed by atoms with Gasteiger partial charge in [0.15, 0.2) is 0 Å². The number of amides is 1. The minimum absolute atomic E-state index is 0.00635. The second-order valence-electron chi connectivity index (χ2n) is 6.14. The van der Waals surface area contributed by atoms with E-state index in [2.05, 4.69) is 11.1 Å².